The molecule has 3 unspecified atom stereocenters. The molecule has 1 heterocycles. The van der Waals surface area contributed by atoms with E-state index in [1.54, 1.807) is 6.92 Å². The van der Waals surface area contributed by atoms with Crippen LogP contribution in [-0.4, -0.2) is 36.2 Å². The van der Waals surface area contributed by atoms with E-state index >= 15 is 0 Å². The van der Waals surface area contributed by atoms with Crippen LogP contribution in [0.1, 0.15) is 33.1 Å². The first-order valence-electron chi connectivity index (χ1n) is 5.80. The van der Waals surface area contributed by atoms with Gasteiger partial charge in [0.2, 0.25) is 5.91 Å². The number of carbonyl (C=O) groups is 1. The molecule has 1 aliphatic rings. The van der Waals surface area contributed by atoms with Crippen molar-refractivity contribution in [3.8, 4) is 0 Å². The highest BCUT2D eigenvalue weighted by Gasteiger charge is 2.28. The molecule has 0 bridgehead atoms. The minimum atomic E-state index is -0.273. The van der Waals surface area contributed by atoms with E-state index in [0.717, 1.165) is 25.8 Å². The topological polar surface area (TPSA) is 61.4 Å². The van der Waals surface area contributed by atoms with E-state index in [4.69, 9.17) is 5.11 Å². The average molecular weight is 214 g/mol. The number of amides is 1. The van der Waals surface area contributed by atoms with Gasteiger partial charge in [0, 0.05) is 6.54 Å². The lowest BCUT2D eigenvalue weighted by Crippen LogP contribution is -2.43. The second-order valence-electron chi connectivity index (χ2n) is 4.48. The fourth-order valence-corrected chi connectivity index (χ4v) is 1.90. The maximum Gasteiger partial charge on any atom is 0.237 e. The molecule has 0 aromatic heterocycles. The summed E-state index contributed by atoms with van der Waals surface area (Å²) in [5.41, 5.74) is 0. The zero-order valence-electron chi connectivity index (χ0n) is 9.62. The van der Waals surface area contributed by atoms with Crippen LogP contribution in [0.3, 0.4) is 0 Å². The van der Waals surface area contributed by atoms with Crippen LogP contribution < -0.4 is 10.6 Å². The molecular weight excluding hydrogens is 192 g/mol. The van der Waals surface area contributed by atoms with Crippen LogP contribution in [0.5, 0.6) is 0 Å². The van der Waals surface area contributed by atoms with Gasteiger partial charge in [-0.2, -0.15) is 0 Å². The third kappa shape index (κ3) is 4.18. The molecule has 3 atom stereocenters. The Bertz CT molecular complexity index is 207. The van der Waals surface area contributed by atoms with Crippen molar-refractivity contribution in [3.05, 3.63) is 0 Å². The summed E-state index contributed by atoms with van der Waals surface area (Å²) in [6, 6.07) is -0.0171. The quantitative estimate of drug-likeness (QED) is 0.575. The highest BCUT2D eigenvalue weighted by Crippen LogP contribution is 2.14. The van der Waals surface area contributed by atoms with Crippen molar-refractivity contribution in [2.75, 3.05) is 13.1 Å². The molecular formula is C11H22N2O2. The fourth-order valence-electron chi connectivity index (χ4n) is 1.90. The Morgan fingerprint density at radius 3 is 2.93 bits per heavy atom. The van der Waals surface area contributed by atoms with Crippen LogP contribution in [0.25, 0.3) is 0 Å². The predicted octanol–water partition coefficient (Wildman–Crippen LogP) is 0.262. The van der Waals surface area contributed by atoms with Gasteiger partial charge in [0.1, 0.15) is 0 Å². The monoisotopic (exact) mass is 214 g/mol. The summed E-state index contributed by atoms with van der Waals surface area (Å²) in [5, 5.41) is 15.1. The number of rotatable bonds is 5. The van der Waals surface area contributed by atoms with Crippen molar-refractivity contribution in [1.29, 1.82) is 0 Å². The van der Waals surface area contributed by atoms with Crippen molar-refractivity contribution in [2.24, 2.45) is 5.92 Å². The normalized spacial score (nSPS) is 27.7. The van der Waals surface area contributed by atoms with Crippen LogP contribution in [0, 0.1) is 5.92 Å². The predicted molar refractivity (Wildman–Crippen MR) is 59.5 cm³/mol. The van der Waals surface area contributed by atoms with E-state index in [9.17, 15) is 4.79 Å². The number of aliphatic hydroxyl groups is 1. The van der Waals surface area contributed by atoms with Gasteiger partial charge >= 0.3 is 0 Å². The van der Waals surface area contributed by atoms with E-state index < -0.39 is 0 Å². The summed E-state index contributed by atoms with van der Waals surface area (Å²) < 4.78 is 0. The highest BCUT2D eigenvalue weighted by atomic mass is 16.3. The third-order valence-corrected chi connectivity index (χ3v) is 2.91. The van der Waals surface area contributed by atoms with Gasteiger partial charge in [0.05, 0.1) is 12.1 Å². The molecule has 0 aromatic rings. The van der Waals surface area contributed by atoms with Crippen LogP contribution in [0.2, 0.25) is 0 Å². The third-order valence-electron chi connectivity index (χ3n) is 2.91. The molecule has 0 radical (unpaired) electrons. The van der Waals surface area contributed by atoms with Gasteiger partial charge in [-0.3, -0.25) is 4.79 Å². The number of carbonyl (C=O) groups excluding carboxylic acids is 1. The summed E-state index contributed by atoms with van der Waals surface area (Å²) >= 11 is 0. The van der Waals surface area contributed by atoms with Crippen molar-refractivity contribution < 1.29 is 9.90 Å². The molecule has 88 valence electrons. The zero-order chi connectivity index (χ0) is 11.3. The lowest BCUT2D eigenvalue weighted by atomic mass is 10.0. The van der Waals surface area contributed by atoms with Gasteiger partial charge in [-0.15, -0.1) is 0 Å². The first-order chi connectivity index (χ1) is 7.11. The van der Waals surface area contributed by atoms with Crippen LogP contribution in [-0.2, 0) is 4.79 Å². The second-order valence-corrected chi connectivity index (χ2v) is 4.48. The van der Waals surface area contributed by atoms with Gasteiger partial charge in [-0.1, -0.05) is 6.92 Å². The van der Waals surface area contributed by atoms with E-state index in [2.05, 4.69) is 17.6 Å². The van der Waals surface area contributed by atoms with Gasteiger partial charge in [0.25, 0.3) is 0 Å². The number of aliphatic hydroxyl groups excluding tert-OH is 1. The minimum Gasteiger partial charge on any atom is -0.393 e. The fraction of sp³-hybridized carbons (Fsp3) is 0.909. The molecule has 0 spiro atoms. The van der Waals surface area contributed by atoms with Crippen molar-refractivity contribution in [2.45, 2.75) is 45.3 Å². The van der Waals surface area contributed by atoms with Gasteiger partial charge in [-0.25, -0.2) is 0 Å². The molecule has 1 amide bonds. The molecule has 1 fully saturated rings. The largest absolute Gasteiger partial charge is 0.393 e. The van der Waals surface area contributed by atoms with E-state index in [-0.39, 0.29) is 18.1 Å². The lowest BCUT2D eigenvalue weighted by Gasteiger charge is -2.15. The molecule has 0 aliphatic carbocycles. The molecule has 3 N–H and O–H groups in total. The van der Waals surface area contributed by atoms with Gasteiger partial charge in [-0.05, 0) is 38.6 Å². The standard InChI is InChI=1S/C11H22N2O2/c1-8-5-7-12-10(8)11(15)13-6-3-4-9(2)14/h8-10,12,14H,3-7H2,1-2H3,(H,13,15). The molecule has 1 aliphatic heterocycles. The van der Waals surface area contributed by atoms with Crippen LogP contribution in [0.4, 0.5) is 0 Å². The van der Waals surface area contributed by atoms with Crippen molar-refractivity contribution >= 4 is 5.91 Å². The molecule has 15 heavy (non-hydrogen) atoms. The number of hydrogen-bond donors (Lipinski definition) is 3. The Morgan fingerprint density at radius 1 is 1.67 bits per heavy atom. The SMILES string of the molecule is CC(O)CCCNC(=O)C1NCCC1C. The Hall–Kier alpha value is -0.610. The van der Waals surface area contributed by atoms with E-state index in [1.165, 1.54) is 0 Å². The number of hydrogen-bond acceptors (Lipinski definition) is 3. The molecule has 0 saturated carbocycles. The maximum absolute atomic E-state index is 11.7. The first kappa shape index (κ1) is 12.5. The second kappa shape index (κ2) is 6.08. The van der Waals surface area contributed by atoms with Crippen molar-refractivity contribution in [3.63, 3.8) is 0 Å². The molecule has 1 saturated heterocycles. The Balaban J connectivity index is 2.13. The lowest BCUT2D eigenvalue weighted by molar-refractivity contribution is -0.123. The highest BCUT2D eigenvalue weighted by molar-refractivity contribution is 5.82. The number of nitrogens with one attached hydrogen (secondary N) is 2. The summed E-state index contributed by atoms with van der Waals surface area (Å²) in [6.07, 6.45) is 2.38. The Kier molecular flexibility index (Phi) is 5.05. The average Bonchev–Trinajstić information content (AvgIpc) is 2.58. The van der Waals surface area contributed by atoms with Crippen LogP contribution in [0.15, 0.2) is 0 Å². The smallest absolute Gasteiger partial charge is 0.237 e. The van der Waals surface area contributed by atoms with Crippen molar-refractivity contribution in [1.82, 2.24) is 10.6 Å². The van der Waals surface area contributed by atoms with Gasteiger partial charge in [0.15, 0.2) is 0 Å². The Labute approximate surface area is 91.4 Å². The van der Waals surface area contributed by atoms with E-state index in [0.29, 0.717) is 12.5 Å². The molecule has 1 rings (SSSR count). The molecule has 0 aromatic carbocycles. The summed E-state index contributed by atoms with van der Waals surface area (Å²) in [4.78, 5) is 11.7. The van der Waals surface area contributed by atoms with E-state index in [1.807, 2.05) is 0 Å². The summed E-state index contributed by atoms with van der Waals surface area (Å²) in [5.74, 6) is 0.535. The first-order valence-corrected chi connectivity index (χ1v) is 5.80. The zero-order valence-corrected chi connectivity index (χ0v) is 9.62. The summed E-state index contributed by atoms with van der Waals surface area (Å²) in [6.45, 7) is 5.46. The molecule has 4 heteroatoms. The van der Waals surface area contributed by atoms with Crippen LogP contribution >= 0.6 is 0 Å². The minimum absolute atomic E-state index is 0.0171. The maximum atomic E-state index is 11.7. The Morgan fingerprint density at radius 2 is 2.40 bits per heavy atom. The molecule has 4 nitrogen and oxygen atoms in total. The van der Waals surface area contributed by atoms with Gasteiger partial charge < -0.3 is 15.7 Å². The summed E-state index contributed by atoms with van der Waals surface area (Å²) in [7, 11) is 0.